The van der Waals surface area contributed by atoms with Crippen molar-refractivity contribution >= 4 is 38.7 Å². The van der Waals surface area contributed by atoms with Gasteiger partial charge in [0.2, 0.25) is 16.1 Å². The van der Waals surface area contributed by atoms with Crippen LogP contribution in [0.3, 0.4) is 0 Å². The largest absolute Gasteiger partial charge is 0.485 e. The monoisotopic (exact) mass is 420 g/mol. The van der Waals surface area contributed by atoms with Crippen LogP contribution in [0.15, 0.2) is 47.4 Å². The number of hydrogen-bond donors (Lipinski definition) is 2. The Balaban J connectivity index is 1.31. The molecular formula is C17H16N4O5S2. The Morgan fingerprint density at radius 2 is 1.93 bits per heavy atom. The fraction of sp³-hybridized carbons (Fsp3) is 0.235. The Morgan fingerprint density at radius 3 is 2.79 bits per heavy atom. The van der Waals surface area contributed by atoms with Gasteiger partial charge in [0.25, 0.3) is 5.91 Å². The van der Waals surface area contributed by atoms with Crippen molar-refractivity contribution in [1.82, 2.24) is 18.8 Å². The quantitative estimate of drug-likeness (QED) is 0.569. The van der Waals surface area contributed by atoms with Gasteiger partial charge in [0.1, 0.15) is 22.5 Å². The molecule has 11 heteroatoms. The number of sulfonamides is 1. The minimum Gasteiger partial charge on any atom is -0.485 e. The highest BCUT2D eigenvalue weighted by Crippen LogP contribution is 2.30. The molecule has 1 aromatic heterocycles. The smallest absolute Gasteiger partial charge is 0.264 e. The minimum atomic E-state index is -3.77. The maximum atomic E-state index is 12.5. The molecule has 1 aliphatic rings. The summed E-state index contributed by atoms with van der Waals surface area (Å²) in [6, 6.07) is 11.9. The maximum absolute atomic E-state index is 12.5. The highest BCUT2D eigenvalue weighted by molar-refractivity contribution is 7.89. The lowest BCUT2D eigenvalue weighted by Gasteiger charge is -2.25. The summed E-state index contributed by atoms with van der Waals surface area (Å²) in [7, 11) is -3.77. The van der Waals surface area contributed by atoms with Crippen LogP contribution in [0, 0.1) is 0 Å². The molecule has 2 N–H and O–H groups in total. The SMILES string of the molecule is O=C(NCCNS(=O)(=O)c1cccc2nsnc12)C1COc2ccccc2O1. The number of nitrogens with zero attached hydrogens (tertiary/aromatic N) is 2. The summed E-state index contributed by atoms with van der Waals surface area (Å²) in [5.74, 6) is 0.712. The lowest BCUT2D eigenvalue weighted by atomic mass is 10.2. The number of hydrogen-bond acceptors (Lipinski definition) is 8. The molecule has 9 nitrogen and oxygen atoms in total. The van der Waals surface area contributed by atoms with E-state index in [-0.39, 0.29) is 30.5 Å². The van der Waals surface area contributed by atoms with Crippen LogP contribution < -0.4 is 19.5 Å². The van der Waals surface area contributed by atoms with Crippen molar-refractivity contribution in [3.05, 3.63) is 42.5 Å². The van der Waals surface area contributed by atoms with Gasteiger partial charge in [0.15, 0.2) is 11.5 Å². The molecule has 1 unspecified atom stereocenters. The zero-order valence-corrected chi connectivity index (χ0v) is 16.1. The molecule has 1 aliphatic heterocycles. The van der Waals surface area contributed by atoms with Crippen LogP contribution in [0.1, 0.15) is 0 Å². The van der Waals surface area contributed by atoms with E-state index in [0.717, 1.165) is 11.7 Å². The second-order valence-electron chi connectivity index (χ2n) is 5.94. The van der Waals surface area contributed by atoms with Crippen molar-refractivity contribution in [2.45, 2.75) is 11.0 Å². The molecule has 2 aromatic carbocycles. The number of ether oxygens (including phenoxy) is 2. The predicted molar refractivity (Wildman–Crippen MR) is 102 cm³/mol. The molecule has 0 bridgehead atoms. The van der Waals surface area contributed by atoms with Crippen molar-refractivity contribution in [3.8, 4) is 11.5 Å². The van der Waals surface area contributed by atoms with Gasteiger partial charge in [0, 0.05) is 13.1 Å². The summed E-state index contributed by atoms with van der Waals surface area (Å²) >= 11 is 0.951. The Hall–Kier alpha value is -2.76. The second kappa shape index (κ2) is 7.70. The number of amides is 1. The molecule has 1 amide bonds. The number of aromatic nitrogens is 2. The first kappa shape index (κ1) is 18.6. The van der Waals surface area contributed by atoms with E-state index in [2.05, 4.69) is 18.8 Å². The third-order valence-corrected chi connectivity index (χ3v) is 6.09. The van der Waals surface area contributed by atoms with Crippen molar-refractivity contribution in [1.29, 1.82) is 0 Å². The van der Waals surface area contributed by atoms with Crippen molar-refractivity contribution in [3.63, 3.8) is 0 Å². The first-order valence-electron chi connectivity index (χ1n) is 8.42. The van der Waals surface area contributed by atoms with Crippen molar-refractivity contribution in [2.75, 3.05) is 19.7 Å². The number of rotatable bonds is 6. The molecule has 3 aromatic rings. The number of carbonyl (C=O) groups is 1. The van der Waals surface area contributed by atoms with Crippen LogP contribution in [-0.4, -0.2) is 48.9 Å². The van der Waals surface area contributed by atoms with Crippen molar-refractivity contribution in [2.24, 2.45) is 0 Å². The topological polar surface area (TPSA) is 120 Å². The van der Waals surface area contributed by atoms with E-state index in [4.69, 9.17) is 9.47 Å². The Labute approximate surface area is 165 Å². The van der Waals surface area contributed by atoms with Gasteiger partial charge in [-0.15, -0.1) is 0 Å². The van der Waals surface area contributed by atoms with Crippen molar-refractivity contribution < 1.29 is 22.7 Å². The van der Waals surface area contributed by atoms with Gasteiger partial charge in [-0.3, -0.25) is 4.79 Å². The Morgan fingerprint density at radius 1 is 1.11 bits per heavy atom. The highest BCUT2D eigenvalue weighted by Gasteiger charge is 2.27. The average molecular weight is 420 g/mol. The van der Waals surface area contributed by atoms with Crippen LogP contribution in [-0.2, 0) is 14.8 Å². The molecule has 4 rings (SSSR count). The summed E-state index contributed by atoms with van der Waals surface area (Å²) in [5.41, 5.74) is 0.853. The van der Waals surface area contributed by atoms with Crippen LogP contribution in [0.25, 0.3) is 11.0 Å². The third-order valence-electron chi connectivity index (χ3n) is 4.06. The molecule has 0 saturated carbocycles. The minimum absolute atomic E-state index is 0.0200. The van der Waals surface area contributed by atoms with E-state index in [1.807, 2.05) is 6.07 Å². The third kappa shape index (κ3) is 3.77. The normalized spacial score (nSPS) is 16.1. The van der Waals surface area contributed by atoms with E-state index in [9.17, 15) is 13.2 Å². The lowest BCUT2D eigenvalue weighted by Crippen LogP contribution is -2.46. The van der Waals surface area contributed by atoms with E-state index in [1.54, 1.807) is 30.3 Å². The first-order chi connectivity index (χ1) is 13.5. The van der Waals surface area contributed by atoms with Gasteiger partial charge < -0.3 is 14.8 Å². The van der Waals surface area contributed by atoms with E-state index in [1.165, 1.54) is 6.07 Å². The number of carbonyl (C=O) groups excluding carboxylic acids is 1. The molecule has 146 valence electrons. The van der Waals surface area contributed by atoms with Crippen LogP contribution in [0.4, 0.5) is 0 Å². The lowest BCUT2D eigenvalue weighted by molar-refractivity contribution is -0.130. The molecule has 1 atom stereocenters. The maximum Gasteiger partial charge on any atom is 0.264 e. The van der Waals surface area contributed by atoms with Gasteiger partial charge in [-0.25, -0.2) is 13.1 Å². The van der Waals surface area contributed by atoms with Crippen LogP contribution >= 0.6 is 11.7 Å². The van der Waals surface area contributed by atoms with E-state index < -0.39 is 16.1 Å². The van der Waals surface area contributed by atoms with E-state index in [0.29, 0.717) is 22.5 Å². The fourth-order valence-electron chi connectivity index (χ4n) is 2.71. The summed E-state index contributed by atoms with van der Waals surface area (Å²) in [5, 5.41) is 2.64. The molecule has 0 fully saturated rings. The average Bonchev–Trinajstić information content (AvgIpc) is 3.19. The van der Waals surface area contributed by atoms with Crippen LogP contribution in [0.2, 0.25) is 0 Å². The van der Waals surface area contributed by atoms with E-state index >= 15 is 0 Å². The second-order valence-corrected chi connectivity index (χ2v) is 8.20. The standard InChI is InChI=1S/C17H16N4O5S2/c22-17(14-10-25-12-5-1-2-6-13(12)26-14)18-8-9-19-28(23,24)15-7-3-4-11-16(15)21-27-20-11/h1-7,14,19H,8-10H2,(H,18,22). The predicted octanol–water partition coefficient (Wildman–Crippen LogP) is 0.926. The summed E-state index contributed by atoms with van der Waals surface area (Å²) < 4.78 is 46.6. The molecule has 2 heterocycles. The summed E-state index contributed by atoms with van der Waals surface area (Å²) in [4.78, 5) is 12.3. The highest BCUT2D eigenvalue weighted by atomic mass is 32.2. The first-order valence-corrected chi connectivity index (χ1v) is 10.6. The fourth-order valence-corrected chi connectivity index (χ4v) is 4.51. The molecular weight excluding hydrogens is 404 g/mol. The summed E-state index contributed by atoms with van der Waals surface area (Å²) in [6.45, 7) is 0.213. The Bertz CT molecular complexity index is 1120. The van der Waals surface area contributed by atoms with Gasteiger partial charge in [-0.1, -0.05) is 18.2 Å². The molecule has 0 radical (unpaired) electrons. The molecule has 0 spiro atoms. The zero-order valence-electron chi connectivity index (χ0n) is 14.5. The number of benzene rings is 2. The van der Waals surface area contributed by atoms with Crippen LogP contribution in [0.5, 0.6) is 11.5 Å². The number of para-hydroxylation sites is 2. The van der Waals surface area contributed by atoms with Gasteiger partial charge >= 0.3 is 0 Å². The van der Waals surface area contributed by atoms with Gasteiger partial charge in [-0.2, -0.15) is 8.75 Å². The Kier molecular flexibility index (Phi) is 5.11. The van der Waals surface area contributed by atoms with Gasteiger partial charge in [-0.05, 0) is 24.3 Å². The number of nitrogens with one attached hydrogen (secondary N) is 2. The molecule has 0 saturated heterocycles. The molecule has 0 aliphatic carbocycles. The summed E-state index contributed by atoms with van der Waals surface area (Å²) in [6.07, 6.45) is -0.790. The molecule has 28 heavy (non-hydrogen) atoms. The van der Waals surface area contributed by atoms with Gasteiger partial charge in [0.05, 0.1) is 11.7 Å². The zero-order chi connectivity index (χ0) is 19.6. The number of fused-ring (bicyclic) bond motifs is 2.